The molecule has 0 aromatic heterocycles. The van der Waals surface area contributed by atoms with Gasteiger partial charge in [-0.1, -0.05) is 0 Å². The van der Waals surface area contributed by atoms with Gasteiger partial charge in [0.15, 0.2) is 0 Å². The second-order valence-electron chi connectivity index (χ2n) is 3.68. The molecule has 0 saturated carbocycles. The van der Waals surface area contributed by atoms with E-state index in [0.717, 1.165) is 0 Å². The summed E-state index contributed by atoms with van der Waals surface area (Å²) in [5.41, 5.74) is 0. The summed E-state index contributed by atoms with van der Waals surface area (Å²) >= 11 is 0. The van der Waals surface area contributed by atoms with Crippen LogP contribution in [-0.4, -0.2) is 60.4 Å². The minimum atomic E-state index is -0.853. The van der Waals surface area contributed by atoms with Gasteiger partial charge in [-0.25, -0.2) is 4.79 Å². The van der Waals surface area contributed by atoms with Gasteiger partial charge in [-0.05, 0) is 13.8 Å². The summed E-state index contributed by atoms with van der Waals surface area (Å²) in [6.45, 7) is 3.99. The lowest BCUT2D eigenvalue weighted by Gasteiger charge is -2.35. The minimum absolute atomic E-state index is 0.170. The Morgan fingerprint density at radius 3 is 2.75 bits per heavy atom. The minimum Gasteiger partial charge on any atom is -0.459 e. The Balaban J connectivity index is 2.58. The van der Waals surface area contributed by atoms with Crippen molar-refractivity contribution < 1.29 is 24.2 Å². The summed E-state index contributed by atoms with van der Waals surface area (Å²) in [5.74, 6) is -1.52. The van der Waals surface area contributed by atoms with Crippen LogP contribution in [0.25, 0.3) is 0 Å². The number of hydrogen-bond donors (Lipinski definition) is 1. The molecule has 0 aliphatic carbocycles. The SMILES string of the molecule is CCOC(=O)C(=O)N1CC(C)OC(CO)C1. The van der Waals surface area contributed by atoms with E-state index in [2.05, 4.69) is 4.74 Å². The molecule has 1 rings (SSSR count). The third-order valence-corrected chi connectivity index (χ3v) is 2.27. The second-order valence-corrected chi connectivity index (χ2v) is 3.68. The van der Waals surface area contributed by atoms with Gasteiger partial charge in [0.05, 0.1) is 25.4 Å². The predicted octanol–water partition coefficient (Wildman–Crippen LogP) is -0.842. The van der Waals surface area contributed by atoms with Crippen molar-refractivity contribution in [2.75, 3.05) is 26.3 Å². The molecule has 0 spiro atoms. The fourth-order valence-corrected chi connectivity index (χ4v) is 1.63. The monoisotopic (exact) mass is 231 g/mol. The molecule has 0 radical (unpaired) electrons. The van der Waals surface area contributed by atoms with Crippen molar-refractivity contribution in [3.05, 3.63) is 0 Å². The Labute approximate surface area is 94.1 Å². The number of nitrogens with zero attached hydrogens (tertiary/aromatic N) is 1. The molecular weight excluding hydrogens is 214 g/mol. The quantitative estimate of drug-likeness (QED) is 0.495. The van der Waals surface area contributed by atoms with Crippen LogP contribution in [-0.2, 0) is 19.1 Å². The average molecular weight is 231 g/mol. The van der Waals surface area contributed by atoms with Crippen LogP contribution >= 0.6 is 0 Å². The van der Waals surface area contributed by atoms with Crippen molar-refractivity contribution in [2.24, 2.45) is 0 Å². The zero-order chi connectivity index (χ0) is 12.1. The molecule has 2 unspecified atom stereocenters. The van der Waals surface area contributed by atoms with Crippen LogP contribution < -0.4 is 0 Å². The van der Waals surface area contributed by atoms with Crippen LogP contribution in [0.4, 0.5) is 0 Å². The van der Waals surface area contributed by atoms with Gasteiger partial charge in [0.25, 0.3) is 0 Å². The number of carbonyl (C=O) groups excluding carboxylic acids is 2. The highest BCUT2D eigenvalue weighted by molar-refractivity contribution is 6.32. The van der Waals surface area contributed by atoms with Gasteiger partial charge in [-0.2, -0.15) is 0 Å². The molecule has 1 aliphatic heterocycles. The lowest BCUT2D eigenvalue weighted by molar-refractivity contribution is -0.167. The molecule has 6 nitrogen and oxygen atoms in total. The van der Waals surface area contributed by atoms with Crippen LogP contribution in [0.1, 0.15) is 13.8 Å². The summed E-state index contributed by atoms with van der Waals surface area (Å²) < 4.78 is 9.99. The number of carbonyl (C=O) groups is 2. The second kappa shape index (κ2) is 5.81. The summed E-state index contributed by atoms with van der Waals surface area (Å²) in [6, 6.07) is 0. The topological polar surface area (TPSA) is 76.1 Å². The van der Waals surface area contributed by atoms with Crippen molar-refractivity contribution in [3.8, 4) is 0 Å². The summed E-state index contributed by atoms with van der Waals surface area (Å²) in [5, 5.41) is 8.97. The summed E-state index contributed by atoms with van der Waals surface area (Å²) in [6.07, 6.45) is -0.619. The van der Waals surface area contributed by atoms with Gasteiger partial charge in [0, 0.05) is 13.1 Å². The van der Waals surface area contributed by atoms with E-state index in [9.17, 15) is 9.59 Å². The highest BCUT2D eigenvalue weighted by Crippen LogP contribution is 2.11. The van der Waals surface area contributed by atoms with E-state index >= 15 is 0 Å². The molecule has 2 atom stereocenters. The number of amides is 1. The third-order valence-electron chi connectivity index (χ3n) is 2.27. The molecule has 1 heterocycles. The molecular formula is C10H17NO5. The van der Waals surface area contributed by atoms with Gasteiger partial charge < -0.3 is 19.5 Å². The van der Waals surface area contributed by atoms with Crippen LogP contribution in [0.3, 0.4) is 0 Å². The largest absolute Gasteiger partial charge is 0.459 e. The smallest absolute Gasteiger partial charge is 0.397 e. The van der Waals surface area contributed by atoms with E-state index in [1.54, 1.807) is 13.8 Å². The van der Waals surface area contributed by atoms with E-state index in [1.807, 2.05) is 0 Å². The van der Waals surface area contributed by atoms with E-state index in [1.165, 1.54) is 4.90 Å². The summed E-state index contributed by atoms with van der Waals surface area (Å²) in [4.78, 5) is 24.2. The van der Waals surface area contributed by atoms with Gasteiger partial charge in [0.2, 0.25) is 0 Å². The Bertz CT molecular complexity index is 268. The van der Waals surface area contributed by atoms with Gasteiger partial charge in [-0.3, -0.25) is 4.79 Å². The standard InChI is InChI=1S/C10H17NO5/c1-3-15-10(14)9(13)11-4-7(2)16-8(5-11)6-12/h7-8,12H,3-6H2,1-2H3. The van der Waals surface area contributed by atoms with Crippen molar-refractivity contribution in [3.63, 3.8) is 0 Å². The fourth-order valence-electron chi connectivity index (χ4n) is 1.63. The number of aliphatic hydroxyl groups excluding tert-OH is 1. The van der Waals surface area contributed by atoms with Crippen LogP contribution in [0.15, 0.2) is 0 Å². The lowest BCUT2D eigenvalue weighted by atomic mass is 10.2. The maximum Gasteiger partial charge on any atom is 0.397 e. The van der Waals surface area contributed by atoms with Crippen molar-refractivity contribution in [1.82, 2.24) is 4.90 Å². The maximum absolute atomic E-state index is 11.6. The number of aliphatic hydroxyl groups is 1. The molecule has 1 amide bonds. The van der Waals surface area contributed by atoms with Crippen molar-refractivity contribution in [1.29, 1.82) is 0 Å². The third kappa shape index (κ3) is 3.18. The van der Waals surface area contributed by atoms with E-state index < -0.39 is 18.0 Å². The first kappa shape index (κ1) is 12.9. The Morgan fingerprint density at radius 2 is 2.19 bits per heavy atom. The highest BCUT2D eigenvalue weighted by Gasteiger charge is 2.31. The Hall–Kier alpha value is -1.14. The van der Waals surface area contributed by atoms with Crippen LogP contribution in [0, 0.1) is 0 Å². The molecule has 92 valence electrons. The number of ether oxygens (including phenoxy) is 2. The maximum atomic E-state index is 11.6. The van der Waals surface area contributed by atoms with E-state index in [0.29, 0.717) is 6.54 Å². The van der Waals surface area contributed by atoms with Crippen molar-refractivity contribution in [2.45, 2.75) is 26.1 Å². The van der Waals surface area contributed by atoms with Crippen LogP contribution in [0.2, 0.25) is 0 Å². The average Bonchev–Trinajstić information content (AvgIpc) is 2.27. The van der Waals surface area contributed by atoms with E-state index in [-0.39, 0.29) is 25.9 Å². The number of morpholine rings is 1. The zero-order valence-corrected chi connectivity index (χ0v) is 9.51. The molecule has 1 N–H and O–H groups in total. The Kier molecular flexibility index (Phi) is 4.70. The molecule has 16 heavy (non-hydrogen) atoms. The first-order valence-electron chi connectivity index (χ1n) is 5.30. The lowest BCUT2D eigenvalue weighted by Crippen LogP contribution is -2.52. The normalized spacial score (nSPS) is 25.3. The van der Waals surface area contributed by atoms with Gasteiger partial charge in [-0.15, -0.1) is 0 Å². The highest BCUT2D eigenvalue weighted by atomic mass is 16.5. The Morgan fingerprint density at radius 1 is 1.50 bits per heavy atom. The first-order valence-corrected chi connectivity index (χ1v) is 5.30. The molecule has 1 fully saturated rings. The first-order chi connectivity index (χ1) is 7.58. The number of rotatable bonds is 2. The molecule has 0 aromatic rings. The molecule has 1 saturated heterocycles. The number of esters is 1. The van der Waals surface area contributed by atoms with Crippen LogP contribution in [0.5, 0.6) is 0 Å². The molecule has 6 heteroatoms. The zero-order valence-electron chi connectivity index (χ0n) is 9.51. The van der Waals surface area contributed by atoms with E-state index in [4.69, 9.17) is 9.84 Å². The predicted molar refractivity (Wildman–Crippen MR) is 54.6 cm³/mol. The molecule has 0 aromatic carbocycles. The fraction of sp³-hybridized carbons (Fsp3) is 0.800. The molecule has 0 bridgehead atoms. The van der Waals surface area contributed by atoms with Gasteiger partial charge in [0.1, 0.15) is 0 Å². The number of hydrogen-bond acceptors (Lipinski definition) is 5. The van der Waals surface area contributed by atoms with Gasteiger partial charge >= 0.3 is 11.9 Å². The van der Waals surface area contributed by atoms with Crippen molar-refractivity contribution >= 4 is 11.9 Å². The molecule has 1 aliphatic rings. The summed E-state index contributed by atoms with van der Waals surface area (Å²) in [7, 11) is 0.